The third kappa shape index (κ3) is 12.5. The molecule has 0 bridgehead atoms. The zero-order chi connectivity index (χ0) is 37.7. The second-order valence-electron chi connectivity index (χ2n) is 13.1. The Labute approximate surface area is 303 Å². The van der Waals surface area contributed by atoms with Crippen molar-refractivity contribution < 1.29 is 27.9 Å². The van der Waals surface area contributed by atoms with Crippen LogP contribution >= 0.6 is 0 Å². The van der Waals surface area contributed by atoms with Crippen LogP contribution in [-0.4, -0.2) is 93.4 Å². The number of benzene rings is 3. The van der Waals surface area contributed by atoms with Gasteiger partial charge in [-0.1, -0.05) is 74.5 Å². The Morgan fingerprint density at radius 3 is 2.00 bits per heavy atom. The summed E-state index contributed by atoms with van der Waals surface area (Å²) in [6.45, 7) is 10.7. The number of anilines is 1. The molecule has 0 aliphatic rings. The molecule has 0 spiro atoms. The number of carbonyl (C=O) groups is 3. The summed E-state index contributed by atoms with van der Waals surface area (Å²) in [4.78, 5) is 42.0. The van der Waals surface area contributed by atoms with Gasteiger partial charge in [0.05, 0.1) is 18.0 Å². The van der Waals surface area contributed by atoms with E-state index in [9.17, 15) is 27.9 Å². The molecular formula is C38H54N6O6S. The third-order valence-electron chi connectivity index (χ3n) is 8.64. The highest BCUT2D eigenvalue weighted by atomic mass is 32.2. The van der Waals surface area contributed by atoms with E-state index in [-0.39, 0.29) is 41.1 Å². The fourth-order valence-corrected chi connectivity index (χ4v) is 6.01. The van der Waals surface area contributed by atoms with Gasteiger partial charge in [-0.15, -0.1) is 0 Å². The van der Waals surface area contributed by atoms with Crippen LogP contribution in [0.2, 0.25) is 0 Å². The highest BCUT2D eigenvalue weighted by Crippen LogP contribution is 2.23. The lowest BCUT2D eigenvalue weighted by molar-refractivity contribution is -0.125. The van der Waals surface area contributed by atoms with Crippen LogP contribution in [0.25, 0.3) is 0 Å². The molecule has 3 amide bonds. The van der Waals surface area contributed by atoms with Gasteiger partial charge < -0.3 is 26.0 Å². The summed E-state index contributed by atoms with van der Waals surface area (Å²) in [6, 6.07) is 22.0. The van der Waals surface area contributed by atoms with Crippen LogP contribution in [0.4, 0.5) is 5.69 Å². The summed E-state index contributed by atoms with van der Waals surface area (Å²) in [5.41, 5.74) is 2.38. The molecule has 51 heavy (non-hydrogen) atoms. The van der Waals surface area contributed by atoms with Gasteiger partial charge in [0.25, 0.3) is 11.8 Å². The van der Waals surface area contributed by atoms with Crippen molar-refractivity contribution in [2.45, 2.75) is 71.9 Å². The minimum Gasteiger partial charge on any atom is -0.377 e. The molecule has 3 rings (SSSR count). The molecule has 0 fully saturated rings. The first-order valence-electron chi connectivity index (χ1n) is 17.4. The number of hydrogen-bond donors (Lipinski definition) is 5. The molecule has 3 aromatic rings. The molecule has 0 saturated heterocycles. The largest absolute Gasteiger partial charge is 0.377 e. The van der Waals surface area contributed by atoms with Gasteiger partial charge in [-0.05, 0) is 62.4 Å². The fraction of sp³-hybridized carbons (Fsp3) is 0.447. The van der Waals surface area contributed by atoms with E-state index in [0.717, 1.165) is 21.7 Å². The molecule has 5 N–H and O–H groups in total. The lowest BCUT2D eigenvalue weighted by Gasteiger charge is -2.29. The topological polar surface area (TPSA) is 160 Å². The van der Waals surface area contributed by atoms with Crippen LogP contribution < -0.4 is 25.6 Å². The molecule has 13 heteroatoms. The standard InChI is InChI=1S/C38H54N6O6S/c1-8-39-37(47)34(26(3)4)42-35(45)27(5)40-24-32(20-28-16-12-10-13-17-28)41-36(46)30-21-31(23-33(22-30)43(6)51(7,49)50)38(48)44(9-2)25-29-18-14-11-15-19-29/h10-19,21-23,26-27,32,34-35,40,42,45H,8-9,20,24-25H2,1-7H3,(H,39,47)(H,41,46)/t27-,32-,34-,35?/m0/s1. The number of rotatable bonds is 19. The Bertz CT molecular complexity index is 1690. The smallest absolute Gasteiger partial charge is 0.254 e. The van der Waals surface area contributed by atoms with E-state index < -0.39 is 40.3 Å². The van der Waals surface area contributed by atoms with Crippen molar-refractivity contribution in [2.75, 3.05) is 37.2 Å². The fourth-order valence-electron chi connectivity index (χ4n) is 5.52. The number of nitrogens with one attached hydrogen (secondary N) is 4. The number of hydrogen-bond acceptors (Lipinski definition) is 8. The van der Waals surface area contributed by atoms with Crippen LogP contribution in [0, 0.1) is 5.92 Å². The molecular weight excluding hydrogens is 669 g/mol. The van der Waals surface area contributed by atoms with E-state index in [4.69, 9.17) is 0 Å². The number of carbonyl (C=O) groups excluding carboxylic acids is 3. The molecule has 0 aliphatic heterocycles. The maximum Gasteiger partial charge on any atom is 0.254 e. The van der Waals surface area contributed by atoms with Gasteiger partial charge in [0.2, 0.25) is 15.9 Å². The van der Waals surface area contributed by atoms with Crippen molar-refractivity contribution in [3.63, 3.8) is 0 Å². The first-order valence-corrected chi connectivity index (χ1v) is 19.2. The number of aliphatic hydroxyl groups is 1. The zero-order valence-electron chi connectivity index (χ0n) is 30.7. The number of aliphatic hydroxyl groups excluding tert-OH is 1. The molecule has 3 aromatic carbocycles. The van der Waals surface area contributed by atoms with E-state index in [1.54, 1.807) is 11.8 Å². The van der Waals surface area contributed by atoms with Gasteiger partial charge >= 0.3 is 0 Å². The predicted molar refractivity (Wildman–Crippen MR) is 202 cm³/mol. The summed E-state index contributed by atoms with van der Waals surface area (Å²) in [5.74, 6) is -1.11. The molecule has 0 aromatic heterocycles. The lowest BCUT2D eigenvalue weighted by Crippen LogP contribution is -2.57. The molecule has 12 nitrogen and oxygen atoms in total. The first kappa shape index (κ1) is 41.1. The average molecular weight is 723 g/mol. The van der Waals surface area contributed by atoms with Crippen molar-refractivity contribution in [3.8, 4) is 0 Å². The van der Waals surface area contributed by atoms with Crippen LogP contribution in [0.1, 0.15) is 66.5 Å². The first-order chi connectivity index (χ1) is 24.1. The molecule has 278 valence electrons. The van der Waals surface area contributed by atoms with Gasteiger partial charge in [0.15, 0.2) is 0 Å². The second kappa shape index (κ2) is 19.3. The van der Waals surface area contributed by atoms with Crippen LogP contribution in [0.3, 0.4) is 0 Å². The summed E-state index contributed by atoms with van der Waals surface area (Å²) >= 11 is 0. The van der Waals surface area contributed by atoms with E-state index in [0.29, 0.717) is 26.1 Å². The van der Waals surface area contributed by atoms with Crippen molar-refractivity contribution >= 4 is 33.4 Å². The second-order valence-corrected chi connectivity index (χ2v) is 15.1. The number of sulfonamides is 1. The Morgan fingerprint density at radius 2 is 1.45 bits per heavy atom. The van der Waals surface area contributed by atoms with Crippen molar-refractivity contribution in [3.05, 3.63) is 101 Å². The summed E-state index contributed by atoms with van der Waals surface area (Å²) in [5, 5.41) is 23.1. The van der Waals surface area contributed by atoms with Crippen LogP contribution in [-0.2, 0) is 27.8 Å². The Kier molecular flexibility index (Phi) is 15.6. The molecule has 0 saturated carbocycles. The van der Waals surface area contributed by atoms with Gasteiger partial charge in [0, 0.05) is 56.4 Å². The molecule has 4 atom stereocenters. The van der Waals surface area contributed by atoms with E-state index in [1.807, 2.05) is 88.4 Å². The molecule has 0 aliphatic carbocycles. The number of likely N-dealkylation sites (N-methyl/N-ethyl adjacent to an activating group) is 1. The number of nitrogens with zero attached hydrogens (tertiary/aromatic N) is 2. The van der Waals surface area contributed by atoms with Gasteiger partial charge in [0.1, 0.15) is 6.23 Å². The average Bonchev–Trinajstić information content (AvgIpc) is 3.11. The summed E-state index contributed by atoms with van der Waals surface area (Å²) in [6.07, 6.45) is 0.432. The maximum atomic E-state index is 14.0. The highest BCUT2D eigenvalue weighted by Gasteiger charge is 2.27. The van der Waals surface area contributed by atoms with Crippen LogP contribution in [0.15, 0.2) is 78.9 Å². The Hall–Kier alpha value is -4.30. The predicted octanol–water partition coefficient (Wildman–Crippen LogP) is 3.13. The monoisotopic (exact) mass is 722 g/mol. The highest BCUT2D eigenvalue weighted by molar-refractivity contribution is 7.92. The SMILES string of the molecule is CCNC(=O)[C@@H](NC(O)[C@H](C)NC[C@H](Cc1ccccc1)NC(=O)c1cc(C(=O)N(CC)Cc2ccccc2)cc(N(C)S(C)(=O)=O)c1)C(C)C. The normalized spacial score (nSPS) is 13.9. The minimum absolute atomic E-state index is 0.0689. The number of amides is 3. The van der Waals surface area contributed by atoms with E-state index in [2.05, 4.69) is 21.3 Å². The zero-order valence-corrected chi connectivity index (χ0v) is 31.5. The molecule has 0 heterocycles. The van der Waals surface area contributed by atoms with E-state index in [1.165, 1.54) is 25.2 Å². The lowest BCUT2D eigenvalue weighted by atomic mass is 10.0. The van der Waals surface area contributed by atoms with Gasteiger partial charge in [-0.25, -0.2) is 8.42 Å². The third-order valence-corrected chi connectivity index (χ3v) is 9.85. The molecule has 1 unspecified atom stereocenters. The minimum atomic E-state index is -3.72. The van der Waals surface area contributed by atoms with E-state index >= 15 is 0 Å². The van der Waals surface area contributed by atoms with Crippen molar-refractivity contribution in [2.24, 2.45) is 5.92 Å². The summed E-state index contributed by atoms with van der Waals surface area (Å²) in [7, 11) is -2.34. The molecule has 0 radical (unpaired) electrons. The van der Waals surface area contributed by atoms with Gasteiger partial charge in [-0.2, -0.15) is 0 Å². The summed E-state index contributed by atoms with van der Waals surface area (Å²) < 4.78 is 26.2. The van der Waals surface area contributed by atoms with Crippen LogP contribution in [0.5, 0.6) is 0 Å². The quantitative estimate of drug-likeness (QED) is 0.118. The van der Waals surface area contributed by atoms with Crippen molar-refractivity contribution in [1.29, 1.82) is 0 Å². The van der Waals surface area contributed by atoms with Gasteiger partial charge in [-0.3, -0.25) is 24.0 Å². The maximum absolute atomic E-state index is 14.0. The van der Waals surface area contributed by atoms with Crippen molar-refractivity contribution in [1.82, 2.24) is 26.2 Å². The Balaban J connectivity index is 1.89. The Morgan fingerprint density at radius 1 is 0.863 bits per heavy atom.